The Kier molecular flexibility index (Phi) is 17.6. The van der Waals surface area contributed by atoms with Crippen LogP contribution in [-0.2, 0) is 56.0 Å². The van der Waals surface area contributed by atoms with E-state index in [1.807, 2.05) is 48.5 Å². The Bertz CT molecular complexity index is 3410. The monoisotopic (exact) mass is 1270 g/mol. The molecule has 0 spiro atoms. The minimum atomic E-state index is -6.13. The molecule has 4 nitrogen and oxygen atoms in total. The molecule has 0 radical (unpaired) electrons. The summed E-state index contributed by atoms with van der Waals surface area (Å²) in [6.45, 7) is 0.0192. The Morgan fingerprint density at radius 2 is 0.698 bits per heavy atom. The van der Waals surface area contributed by atoms with Crippen molar-refractivity contribution in [2.75, 3.05) is 0 Å². The lowest BCUT2D eigenvalue weighted by atomic mass is 9.12. The van der Waals surface area contributed by atoms with Crippen LogP contribution in [0.2, 0.25) is 5.02 Å². The van der Waals surface area contributed by atoms with Gasteiger partial charge in [-0.05, 0) is 54.6 Å². The molecule has 30 heteroatoms. The predicted octanol–water partition coefficient (Wildman–Crippen LogP) is 16.1. The summed E-state index contributed by atoms with van der Waals surface area (Å²) in [5.74, 6) is -0.306. The first-order valence-electron chi connectivity index (χ1n) is 23.7. The van der Waals surface area contributed by atoms with Crippen LogP contribution in [0.1, 0.15) is 65.4 Å². The van der Waals surface area contributed by atoms with E-state index in [4.69, 9.17) is 16.3 Å². The molecule has 0 aliphatic heterocycles. The number of para-hydroxylation sites is 1. The third-order valence-electron chi connectivity index (χ3n) is 13.0. The van der Waals surface area contributed by atoms with Crippen LogP contribution < -0.4 is 31.2 Å². The van der Waals surface area contributed by atoms with E-state index < -0.39 is 201 Å². The van der Waals surface area contributed by atoms with Gasteiger partial charge in [0.15, 0.2) is 0 Å². The first kappa shape index (κ1) is 65.3. The Balaban J connectivity index is 0.000000302. The van der Waals surface area contributed by atoms with E-state index in [0.29, 0.717) is 16.3 Å². The fourth-order valence-corrected chi connectivity index (χ4v) is 9.41. The molecular formula is C56H29BClF24NO3. The van der Waals surface area contributed by atoms with Crippen molar-refractivity contribution in [2.45, 2.75) is 56.0 Å². The number of ketones is 1. The van der Waals surface area contributed by atoms with Crippen LogP contribution in [-0.4, -0.2) is 17.9 Å². The lowest BCUT2D eigenvalue weighted by molar-refractivity contribution is -0.659. The molecule has 0 unspecified atom stereocenters. The molecule has 86 heavy (non-hydrogen) atoms. The largest absolute Gasteiger partial charge is 0.419 e. The maximum Gasteiger partial charge on any atom is 0.416 e. The molecule has 0 saturated carbocycles. The Morgan fingerprint density at radius 1 is 0.372 bits per heavy atom. The van der Waals surface area contributed by atoms with Gasteiger partial charge in [0.05, 0.1) is 44.5 Å². The molecule has 0 aliphatic rings. The molecule has 0 N–H and O–H groups in total. The summed E-state index contributed by atoms with van der Waals surface area (Å²) in [5.41, 5.74) is -28.6. The number of Topliss-reactive ketones (excluding diaryl/α,β-unsaturated/α-hetero) is 1. The van der Waals surface area contributed by atoms with Crippen molar-refractivity contribution in [3.05, 3.63) is 225 Å². The van der Waals surface area contributed by atoms with E-state index >= 15 is 0 Å². The van der Waals surface area contributed by atoms with Gasteiger partial charge in [-0.3, -0.25) is 4.79 Å². The van der Waals surface area contributed by atoms with Gasteiger partial charge in [0.1, 0.15) is 11.9 Å². The first-order valence-corrected chi connectivity index (χ1v) is 24.1. The highest BCUT2D eigenvalue weighted by Gasteiger charge is 2.47. The van der Waals surface area contributed by atoms with Crippen molar-refractivity contribution in [3.63, 3.8) is 0 Å². The molecule has 0 amide bonds. The van der Waals surface area contributed by atoms with Crippen molar-refractivity contribution in [3.8, 4) is 5.75 Å². The number of fused-ring (bicyclic) bond motifs is 1. The Hall–Kier alpha value is -8.24. The van der Waals surface area contributed by atoms with Crippen LogP contribution in [0.25, 0.3) is 10.9 Å². The zero-order valence-electron chi connectivity index (χ0n) is 42.0. The number of ether oxygens (including phenoxy) is 1. The summed E-state index contributed by atoms with van der Waals surface area (Å²) in [6, 6.07) is 17.9. The van der Waals surface area contributed by atoms with E-state index in [1.165, 1.54) is 0 Å². The Labute approximate surface area is 471 Å². The van der Waals surface area contributed by atoms with Gasteiger partial charge in [-0.25, -0.2) is 4.79 Å². The summed E-state index contributed by atoms with van der Waals surface area (Å²) < 4.78 is 348. The molecule has 8 rings (SSSR count). The van der Waals surface area contributed by atoms with E-state index in [1.54, 1.807) is 47.0 Å². The van der Waals surface area contributed by atoms with Gasteiger partial charge >= 0.3 is 55.4 Å². The molecule has 1 aromatic heterocycles. The topological polar surface area (TPSA) is 47.2 Å². The van der Waals surface area contributed by atoms with Crippen LogP contribution in [0.3, 0.4) is 0 Å². The van der Waals surface area contributed by atoms with E-state index in [9.17, 15) is 115 Å². The number of esters is 1. The minimum absolute atomic E-state index is 0.0192. The SMILES string of the molecule is FC(F)(F)c1cc([B-](c2cc(C(F)(F)F)cc(C(F)(F)F)c2)(c2cc(C(F)(F)F)cc(C(F)(F)F)c2)c2cc(C(F)(F)F)cc(C(F)(F)F)c2)cc(C(F)(F)F)c1.O=C(C[n+]1c(C(=O)Oc2cccc(Cl)c2)ccc2ccccc21)c1ccccc1. The zero-order chi connectivity index (χ0) is 64.1. The molecule has 0 bridgehead atoms. The molecule has 454 valence electrons. The molecule has 0 fully saturated rings. The lowest BCUT2D eigenvalue weighted by Crippen LogP contribution is -2.75. The molecule has 7 aromatic carbocycles. The highest BCUT2D eigenvalue weighted by Crippen LogP contribution is 2.42. The molecule has 0 atom stereocenters. The fraction of sp³-hybridized carbons (Fsp3) is 0.161. The van der Waals surface area contributed by atoms with Gasteiger partial charge in [-0.15, -0.1) is 0 Å². The van der Waals surface area contributed by atoms with Gasteiger partial charge in [-0.2, -0.15) is 132 Å². The van der Waals surface area contributed by atoms with Crippen molar-refractivity contribution in [1.82, 2.24) is 0 Å². The summed E-state index contributed by atoms with van der Waals surface area (Å²) in [4.78, 5) is 25.8. The first-order chi connectivity index (χ1) is 39.4. The second kappa shape index (κ2) is 23.2. The van der Waals surface area contributed by atoms with Crippen LogP contribution in [0.5, 0.6) is 5.75 Å². The highest BCUT2D eigenvalue weighted by molar-refractivity contribution is 7.20. The summed E-state index contributed by atoms with van der Waals surface area (Å²) in [7, 11) is 0. The number of nitrogens with zero attached hydrogens (tertiary/aromatic N) is 1. The second-order valence-corrected chi connectivity index (χ2v) is 19.2. The molecular weight excluding hydrogens is 1240 g/mol. The molecule has 1 heterocycles. The number of rotatable bonds is 9. The number of carbonyl (C=O) groups excluding carboxylic acids is 2. The van der Waals surface area contributed by atoms with Crippen LogP contribution >= 0.6 is 11.6 Å². The molecule has 8 aromatic rings. The summed E-state index contributed by atoms with van der Waals surface area (Å²) in [6.07, 6.45) is -54.8. The number of aromatic nitrogens is 1. The smallest absolute Gasteiger partial charge is 0.416 e. The maximum absolute atomic E-state index is 14.2. The average Bonchev–Trinajstić information content (AvgIpc) is 0.721. The number of benzene rings is 7. The van der Waals surface area contributed by atoms with Gasteiger partial charge < -0.3 is 4.74 Å². The number of pyridine rings is 1. The van der Waals surface area contributed by atoms with Crippen molar-refractivity contribution < 1.29 is 124 Å². The van der Waals surface area contributed by atoms with Gasteiger partial charge in [0, 0.05) is 28.1 Å². The number of hydrogen-bond donors (Lipinski definition) is 0. The van der Waals surface area contributed by atoms with Gasteiger partial charge in [-0.1, -0.05) is 109 Å². The van der Waals surface area contributed by atoms with Crippen LogP contribution in [0.4, 0.5) is 105 Å². The standard InChI is InChI=1S/C32H12BF24.C24H17ClNO3/c34-25(35,36)13-1-14(26(37,38)39)6-21(5-13)33(22-7-15(27(40,41)42)2-16(8-22)28(43,44)45,23-9-17(29(46,47)48)3-18(10-23)30(49,50)51)24-11-19(31(52,53)54)4-20(12-24)32(55,56)57;25-19-10-6-11-20(15-19)29-24(28)22-14-13-17-7-4-5-12-21(17)26(22)16-23(27)18-8-2-1-3-9-18/h1-12H;1-15H,16H2/q-1;+1. The van der Waals surface area contributed by atoms with E-state index in [0.717, 1.165) is 10.9 Å². The highest BCUT2D eigenvalue weighted by atomic mass is 35.5. The van der Waals surface area contributed by atoms with Crippen molar-refractivity contribution in [1.29, 1.82) is 0 Å². The summed E-state index contributed by atoms with van der Waals surface area (Å²) in [5, 5.41) is 1.40. The van der Waals surface area contributed by atoms with E-state index in [2.05, 4.69) is 0 Å². The number of carbonyl (C=O) groups is 2. The number of alkyl halides is 24. The molecule has 0 saturated heterocycles. The van der Waals surface area contributed by atoms with Crippen LogP contribution in [0.15, 0.2) is 164 Å². The third kappa shape index (κ3) is 14.7. The predicted molar refractivity (Wildman–Crippen MR) is 261 cm³/mol. The third-order valence-corrected chi connectivity index (χ3v) is 13.2. The van der Waals surface area contributed by atoms with Crippen LogP contribution in [0, 0.1) is 0 Å². The maximum atomic E-state index is 14.2. The number of halogens is 25. The Morgan fingerprint density at radius 3 is 1.02 bits per heavy atom. The minimum Gasteiger partial charge on any atom is -0.419 e. The summed E-state index contributed by atoms with van der Waals surface area (Å²) >= 11 is 5.98. The van der Waals surface area contributed by atoms with Crippen molar-refractivity contribution in [2.24, 2.45) is 0 Å². The normalized spacial score (nSPS) is 13.1. The fourth-order valence-electron chi connectivity index (χ4n) is 9.23. The molecule has 0 aliphatic carbocycles. The van der Waals surface area contributed by atoms with Gasteiger partial charge in [0.2, 0.25) is 17.8 Å². The van der Waals surface area contributed by atoms with Crippen molar-refractivity contribution >= 4 is 62.3 Å². The van der Waals surface area contributed by atoms with Gasteiger partial charge in [0.25, 0.3) is 5.69 Å². The zero-order valence-corrected chi connectivity index (χ0v) is 42.7. The average molecular weight is 1270 g/mol. The van der Waals surface area contributed by atoms with E-state index in [-0.39, 0.29) is 18.0 Å². The second-order valence-electron chi connectivity index (χ2n) is 18.7. The number of hydrogen-bond acceptors (Lipinski definition) is 3. The lowest BCUT2D eigenvalue weighted by Gasteiger charge is -2.46. The quantitative estimate of drug-likeness (QED) is 0.0361.